The van der Waals surface area contributed by atoms with E-state index in [9.17, 15) is 9.18 Å². The molecule has 1 aliphatic rings. The average Bonchev–Trinajstić information content (AvgIpc) is 3.29. The average molecular weight is 334 g/mol. The number of nitrogens with zero attached hydrogens (tertiary/aromatic N) is 3. The zero-order valence-corrected chi connectivity index (χ0v) is 12.9. The lowest BCUT2D eigenvalue weighted by atomic mass is 10.1. The maximum Gasteiger partial charge on any atom is 0.238 e. The molecule has 5 N–H and O–H groups in total. The molecule has 120 valence electrons. The maximum atomic E-state index is 13.1. The Kier molecular flexibility index (Phi) is 4.28. The molecule has 7 nitrogen and oxygen atoms in total. The molecule has 1 atom stereocenters. The Hall–Kier alpha value is -2.42. The molecule has 1 aromatic heterocycles. The maximum absolute atomic E-state index is 13.1. The van der Waals surface area contributed by atoms with Crippen LogP contribution in [0.25, 0.3) is 0 Å². The number of hydrogen-bond donors (Lipinski definition) is 3. The highest BCUT2D eigenvalue weighted by atomic mass is 32.2. The largest absolute Gasteiger partial charge is 0.368 e. The van der Waals surface area contributed by atoms with Crippen molar-refractivity contribution >= 4 is 29.6 Å². The third kappa shape index (κ3) is 4.07. The van der Waals surface area contributed by atoms with Crippen LogP contribution in [-0.2, 0) is 4.79 Å². The number of nitrogens with one attached hydrogen (secondary N) is 1. The third-order valence-corrected chi connectivity index (χ3v) is 4.32. The Labute approximate surface area is 136 Å². The van der Waals surface area contributed by atoms with Gasteiger partial charge in [-0.15, -0.1) is 0 Å². The number of benzene rings is 1. The van der Waals surface area contributed by atoms with Gasteiger partial charge in [0.2, 0.25) is 17.8 Å². The summed E-state index contributed by atoms with van der Waals surface area (Å²) >= 11 is 1.10. The molecular formula is C14H15FN6OS. The van der Waals surface area contributed by atoms with Crippen LogP contribution < -0.4 is 16.8 Å². The predicted octanol–water partition coefficient (Wildman–Crippen LogP) is 1.29. The quantitative estimate of drug-likeness (QED) is 0.705. The Balaban J connectivity index is 1.87. The van der Waals surface area contributed by atoms with Crippen LogP contribution in [0, 0.1) is 5.82 Å². The molecule has 0 radical (unpaired) electrons. The Morgan fingerprint density at radius 1 is 1.17 bits per heavy atom. The summed E-state index contributed by atoms with van der Waals surface area (Å²) < 4.78 is 13.1. The fourth-order valence-electron chi connectivity index (χ4n) is 1.96. The summed E-state index contributed by atoms with van der Waals surface area (Å²) in [4.78, 5) is 24.1. The molecule has 0 aliphatic heterocycles. The first-order valence-corrected chi connectivity index (χ1v) is 7.89. The van der Waals surface area contributed by atoms with Gasteiger partial charge in [-0.05, 0) is 30.5 Å². The number of nitrogens with two attached hydrogens (primary N) is 2. The fraction of sp³-hybridized carbons (Fsp3) is 0.286. The molecule has 9 heteroatoms. The van der Waals surface area contributed by atoms with Gasteiger partial charge in [0.05, 0.1) is 0 Å². The van der Waals surface area contributed by atoms with Crippen molar-refractivity contribution in [3.05, 3.63) is 35.6 Å². The van der Waals surface area contributed by atoms with Crippen LogP contribution in [0.1, 0.15) is 23.7 Å². The normalized spacial score (nSPS) is 15.2. The lowest BCUT2D eigenvalue weighted by Gasteiger charge is -2.16. The summed E-state index contributed by atoms with van der Waals surface area (Å²) in [5.74, 6) is -0.573. The number of anilines is 2. The van der Waals surface area contributed by atoms with Gasteiger partial charge < -0.3 is 16.8 Å². The van der Waals surface area contributed by atoms with Crippen LogP contribution in [0.15, 0.2) is 29.4 Å². The van der Waals surface area contributed by atoms with E-state index >= 15 is 0 Å². The van der Waals surface area contributed by atoms with Gasteiger partial charge in [0.25, 0.3) is 0 Å². The molecule has 1 aliphatic carbocycles. The highest BCUT2D eigenvalue weighted by Crippen LogP contribution is 2.35. The van der Waals surface area contributed by atoms with E-state index in [-0.39, 0.29) is 34.8 Å². The zero-order chi connectivity index (χ0) is 16.4. The van der Waals surface area contributed by atoms with Crippen molar-refractivity contribution in [1.82, 2.24) is 20.3 Å². The minimum absolute atomic E-state index is 0.0135. The number of rotatable bonds is 5. The van der Waals surface area contributed by atoms with Gasteiger partial charge in [-0.25, -0.2) is 4.39 Å². The zero-order valence-electron chi connectivity index (χ0n) is 12.1. The van der Waals surface area contributed by atoms with Crippen LogP contribution in [0.2, 0.25) is 0 Å². The minimum atomic E-state index is -0.627. The van der Waals surface area contributed by atoms with Gasteiger partial charge in [-0.2, -0.15) is 15.0 Å². The van der Waals surface area contributed by atoms with Gasteiger partial charge in [-0.3, -0.25) is 4.79 Å². The highest BCUT2D eigenvalue weighted by Gasteiger charge is 2.30. The van der Waals surface area contributed by atoms with E-state index in [1.807, 2.05) is 0 Å². The third-order valence-electron chi connectivity index (χ3n) is 3.21. The second-order valence-corrected chi connectivity index (χ2v) is 6.24. The molecular weight excluding hydrogens is 319 g/mol. The number of thioether (sulfide) groups is 1. The van der Waals surface area contributed by atoms with Gasteiger partial charge in [0, 0.05) is 6.04 Å². The summed E-state index contributed by atoms with van der Waals surface area (Å²) in [5.41, 5.74) is 11.8. The van der Waals surface area contributed by atoms with Gasteiger partial charge in [0.1, 0.15) is 11.1 Å². The van der Waals surface area contributed by atoms with Crippen LogP contribution >= 0.6 is 11.8 Å². The Morgan fingerprint density at radius 2 is 1.78 bits per heavy atom. The second-order valence-electron chi connectivity index (χ2n) is 5.17. The van der Waals surface area contributed by atoms with E-state index in [1.165, 1.54) is 12.1 Å². The van der Waals surface area contributed by atoms with Crippen molar-refractivity contribution in [2.45, 2.75) is 29.3 Å². The van der Waals surface area contributed by atoms with Crippen molar-refractivity contribution < 1.29 is 9.18 Å². The van der Waals surface area contributed by atoms with Crippen LogP contribution in [0.5, 0.6) is 0 Å². The lowest BCUT2D eigenvalue weighted by molar-refractivity contribution is -0.120. The SMILES string of the molecule is Nc1nc(N)nc(SC(C(=O)NC2CC2)c2ccc(F)cc2)n1. The molecule has 1 heterocycles. The number of amides is 1. The molecule has 0 saturated heterocycles. The topological polar surface area (TPSA) is 120 Å². The minimum Gasteiger partial charge on any atom is -0.368 e. The number of hydrogen-bond acceptors (Lipinski definition) is 7. The van der Waals surface area contributed by atoms with Crippen LogP contribution in [-0.4, -0.2) is 26.9 Å². The molecule has 1 aromatic carbocycles. The van der Waals surface area contributed by atoms with Gasteiger partial charge >= 0.3 is 0 Å². The molecule has 23 heavy (non-hydrogen) atoms. The van der Waals surface area contributed by atoms with E-state index in [2.05, 4.69) is 20.3 Å². The lowest BCUT2D eigenvalue weighted by Crippen LogP contribution is -2.30. The summed E-state index contributed by atoms with van der Waals surface area (Å²) in [6, 6.07) is 5.95. The number of nitrogen functional groups attached to an aromatic ring is 2. The first-order valence-electron chi connectivity index (χ1n) is 7.01. The monoisotopic (exact) mass is 334 g/mol. The summed E-state index contributed by atoms with van der Waals surface area (Å²) in [6.45, 7) is 0. The van der Waals surface area contributed by atoms with Crippen LogP contribution in [0.4, 0.5) is 16.3 Å². The molecule has 0 spiro atoms. The van der Waals surface area contributed by atoms with Crippen molar-refractivity contribution in [3.8, 4) is 0 Å². The van der Waals surface area contributed by atoms with Crippen molar-refractivity contribution in [2.75, 3.05) is 11.5 Å². The molecule has 1 fully saturated rings. The Morgan fingerprint density at radius 3 is 2.35 bits per heavy atom. The summed E-state index contributed by atoms with van der Waals surface area (Å²) in [5, 5.41) is 2.55. The van der Waals surface area contributed by atoms with E-state index in [0.717, 1.165) is 24.6 Å². The van der Waals surface area contributed by atoms with E-state index in [0.29, 0.717) is 5.56 Å². The summed E-state index contributed by atoms with van der Waals surface area (Å²) in [7, 11) is 0. The molecule has 3 rings (SSSR count). The highest BCUT2D eigenvalue weighted by molar-refractivity contribution is 8.00. The van der Waals surface area contributed by atoms with Crippen LogP contribution in [0.3, 0.4) is 0 Å². The first kappa shape index (κ1) is 15.5. The van der Waals surface area contributed by atoms with Crippen molar-refractivity contribution in [2.24, 2.45) is 0 Å². The standard InChI is InChI=1S/C14H15FN6OS/c15-8-3-1-7(2-4-8)10(11(22)18-9-5-6-9)23-14-20-12(16)19-13(17)21-14/h1-4,9-10H,5-6H2,(H,18,22)(H4,16,17,19,20,21). The number of halogens is 1. The molecule has 1 amide bonds. The molecule has 0 bridgehead atoms. The van der Waals surface area contributed by atoms with Gasteiger partial charge in [-0.1, -0.05) is 23.9 Å². The van der Waals surface area contributed by atoms with E-state index in [4.69, 9.17) is 11.5 Å². The van der Waals surface area contributed by atoms with E-state index in [1.54, 1.807) is 12.1 Å². The second kappa shape index (κ2) is 6.37. The Bertz CT molecular complexity index is 701. The van der Waals surface area contributed by atoms with Gasteiger partial charge in [0.15, 0.2) is 5.16 Å². The molecule has 2 aromatic rings. The van der Waals surface area contributed by atoms with Crippen molar-refractivity contribution in [1.29, 1.82) is 0 Å². The fourth-order valence-corrected chi connectivity index (χ4v) is 2.93. The summed E-state index contributed by atoms with van der Waals surface area (Å²) in [6.07, 6.45) is 1.94. The number of aromatic nitrogens is 3. The smallest absolute Gasteiger partial charge is 0.238 e. The molecule has 1 saturated carbocycles. The first-order chi connectivity index (χ1) is 11.0. The predicted molar refractivity (Wildman–Crippen MR) is 84.8 cm³/mol. The number of carbonyl (C=O) groups is 1. The molecule has 1 unspecified atom stereocenters. The van der Waals surface area contributed by atoms with E-state index < -0.39 is 5.25 Å². The number of carbonyl (C=O) groups excluding carboxylic acids is 1. The van der Waals surface area contributed by atoms with Crippen molar-refractivity contribution in [3.63, 3.8) is 0 Å².